The second-order valence-electron chi connectivity index (χ2n) is 3.03. The zero-order valence-electron chi connectivity index (χ0n) is 7.17. The summed E-state index contributed by atoms with van der Waals surface area (Å²) >= 11 is 0. The Balaban J connectivity index is 3.00. The molecular weight excluding hydrogens is 148 g/mol. The average Bonchev–Trinajstić information content (AvgIpc) is 2.05. The van der Waals surface area contributed by atoms with Crippen LogP contribution in [-0.2, 0) is 0 Å². The lowest BCUT2D eigenvalue weighted by atomic mass is 10.2. The third-order valence-electron chi connectivity index (χ3n) is 1.81. The molecule has 0 amide bonds. The molecule has 0 aliphatic carbocycles. The first kappa shape index (κ1) is 8.28. The van der Waals surface area contributed by atoms with Gasteiger partial charge >= 0.3 is 0 Å². The molecule has 1 heteroatoms. The van der Waals surface area contributed by atoms with Gasteiger partial charge in [-0.1, -0.05) is 55.2 Å². The fraction of sp³-hybridized carbons (Fsp3) is 0.200. The van der Waals surface area contributed by atoms with Gasteiger partial charge in [0.2, 0.25) is 0 Å². The molecule has 0 fully saturated rings. The van der Waals surface area contributed by atoms with Gasteiger partial charge in [0.05, 0.1) is 8.80 Å². The Morgan fingerprint density at radius 2 is 2.09 bits per heavy atom. The first-order chi connectivity index (χ1) is 5.24. The monoisotopic (exact) mass is 162 g/mol. The SMILES string of the molecule is C=Cc1cccc([SiH](C)C)c1. The van der Waals surface area contributed by atoms with E-state index in [1.54, 1.807) is 0 Å². The van der Waals surface area contributed by atoms with Gasteiger partial charge in [-0.15, -0.1) is 0 Å². The van der Waals surface area contributed by atoms with Crippen LogP contribution in [0.2, 0.25) is 13.1 Å². The molecule has 0 saturated heterocycles. The lowest BCUT2D eigenvalue weighted by Crippen LogP contribution is -2.22. The summed E-state index contributed by atoms with van der Waals surface area (Å²) in [7, 11) is -0.619. The molecule has 58 valence electrons. The van der Waals surface area contributed by atoms with Crippen molar-refractivity contribution in [2.75, 3.05) is 0 Å². The van der Waals surface area contributed by atoms with Crippen LogP contribution in [0.15, 0.2) is 30.8 Å². The largest absolute Gasteiger partial charge is 0.0985 e. The molecule has 1 aromatic carbocycles. The van der Waals surface area contributed by atoms with Gasteiger partial charge in [-0.3, -0.25) is 0 Å². The lowest BCUT2D eigenvalue weighted by molar-refractivity contribution is 1.69. The first-order valence-corrected chi connectivity index (χ1v) is 6.85. The number of hydrogen-bond acceptors (Lipinski definition) is 0. The molecule has 1 rings (SSSR count). The van der Waals surface area contributed by atoms with Gasteiger partial charge in [-0.2, -0.15) is 0 Å². The van der Waals surface area contributed by atoms with Crippen LogP contribution < -0.4 is 5.19 Å². The first-order valence-electron chi connectivity index (χ1n) is 3.96. The molecule has 0 bridgehead atoms. The van der Waals surface area contributed by atoms with E-state index in [1.165, 1.54) is 10.8 Å². The van der Waals surface area contributed by atoms with Crippen LogP contribution in [-0.4, -0.2) is 8.80 Å². The van der Waals surface area contributed by atoms with E-state index in [9.17, 15) is 0 Å². The maximum Gasteiger partial charge on any atom is 0.0647 e. The summed E-state index contributed by atoms with van der Waals surface area (Å²) in [5.41, 5.74) is 1.24. The van der Waals surface area contributed by atoms with Gasteiger partial charge in [0.1, 0.15) is 0 Å². The summed E-state index contributed by atoms with van der Waals surface area (Å²) in [5, 5.41) is 1.52. The fourth-order valence-electron chi connectivity index (χ4n) is 1.05. The average molecular weight is 162 g/mol. The minimum atomic E-state index is -0.619. The Hall–Kier alpha value is -0.823. The van der Waals surface area contributed by atoms with Crippen LogP contribution in [0.4, 0.5) is 0 Å². The van der Waals surface area contributed by atoms with Crippen molar-refractivity contribution in [3.8, 4) is 0 Å². The van der Waals surface area contributed by atoms with Crippen LogP contribution in [0.1, 0.15) is 5.56 Å². The molecule has 0 radical (unpaired) electrons. The summed E-state index contributed by atoms with van der Waals surface area (Å²) in [4.78, 5) is 0. The highest BCUT2D eigenvalue weighted by Crippen LogP contribution is 1.98. The van der Waals surface area contributed by atoms with Gasteiger partial charge in [0.25, 0.3) is 0 Å². The molecule has 11 heavy (non-hydrogen) atoms. The van der Waals surface area contributed by atoms with Crippen molar-refractivity contribution in [2.24, 2.45) is 0 Å². The van der Waals surface area contributed by atoms with E-state index in [0.717, 1.165) is 0 Å². The van der Waals surface area contributed by atoms with Crippen molar-refractivity contribution in [3.05, 3.63) is 36.4 Å². The molecule has 0 atom stereocenters. The molecule has 0 aromatic heterocycles. The zero-order valence-corrected chi connectivity index (χ0v) is 8.33. The smallest absolute Gasteiger partial charge is 0.0647 e. The molecule has 0 aliphatic heterocycles. The van der Waals surface area contributed by atoms with Crippen molar-refractivity contribution in [2.45, 2.75) is 13.1 Å². The van der Waals surface area contributed by atoms with Crippen molar-refractivity contribution in [3.63, 3.8) is 0 Å². The Morgan fingerprint density at radius 1 is 1.36 bits per heavy atom. The highest BCUT2D eigenvalue weighted by Gasteiger charge is 1.98. The predicted octanol–water partition coefficient (Wildman–Crippen LogP) is 2.02. The number of rotatable bonds is 2. The Labute approximate surface area is 70.2 Å². The molecule has 0 spiro atoms. The van der Waals surface area contributed by atoms with Crippen LogP contribution in [0.5, 0.6) is 0 Å². The molecule has 0 N–H and O–H groups in total. The van der Waals surface area contributed by atoms with Crippen molar-refractivity contribution < 1.29 is 0 Å². The van der Waals surface area contributed by atoms with Crippen LogP contribution >= 0.6 is 0 Å². The molecule has 0 aliphatic rings. The molecule has 0 unspecified atom stereocenters. The van der Waals surface area contributed by atoms with Crippen LogP contribution in [0.3, 0.4) is 0 Å². The van der Waals surface area contributed by atoms with E-state index in [2.05, 4.69) is 43.9 Å². The van der Waals surface area contributed by atoms with E-state index < -0.39 is 8.80 Å². The molecular formula is C10H14Si. The van der Waals surface area contributed by atoms with Gasteiger partial charge in [0.15, 0.2) is 0 Å². The summed E-state index contributed by atoms with van der Waals surface area (Å²) in [6.45, 7) is 8.42. The minimum Gasteiger partial charge on any atom is -0.0985 e. The second kappa shape index (κ2) is 3.53. The molecule has 0 saturated carbocycles. The Bertz CT molecular complexity index is 251. The van der Waals surface area contributed by atoms with Crippen LogP contribution in [0.25, 0.3) is 6.08 Å². The second-order valence-corrected chi connectivity index (χ2v) is 6.01. The van der Waals surface area contributed by atoms with E-state index in [0.29, 0.717) is 0 Å². The predicted molar refractivity (Wildman–Crippen MR) is 55.0 cm³/mol. The molecule has 0 nitrogen and oxygen atoms in total. The third kappa shape index (κ3) is 2.05. The van der Waals surface area contributed by atoms with Gasteiger partial charge < -0.3 is 0 Å². The van der Waals surface area contributed by atoms with Crippen LogP contribution in [0, 0.1) is 0 Å². The minimum absolute atomic E-state index is 0.619. The summed E-state index contributed by atoms with van der Waals surface area (Å²) in [5.74, 6) is 0. The summed E-state index contributed by atoms with van der Waals surface area (Å²) in [6.07, 6.45) is 1.90. The highest BCUT2D eigenvalue weighted by atomic mass is 28.3. The number of benzene rings is 1. The quantitative estimate of drug-likeness (QED) is 0.584. The van der Waals surface area contributed by atoms with Crippen molar-refractivity contribution in [1.82, 2.24) is 0 Å². The van der Waals surface area contributed by atoms with Gasteiger partial charge in [0, 0.05) is 0 Å². The fourth-order valence-corrected chi connectivity index (χ4v) is 2.07. The maximum atomic E-state index is 3.75. The van der Waals surface area contributed by atoms with E-state index in [4.69, 9.17) is 0 Å². The molecule has 0 heterocycles. The van der Waals surface area contributed by atoms with E-state index in [-0.39, 0.29) is 0 Å². The van der Waals surface area contributed by atoms with Gasteiger partial charge in [-0.05, 0) is 5.56 Å². The Morgan fingerprint density at radius 3 is 2.64 bits per heavy atom. The van der Waals surface area contributed by atoms with Crippen molar-refractivity contribution in [1.29, 1.82) is 0 Å². The van der Waals surface area contributed by atoms with E-state index in [1.807, 2.05) is 6.08 Å². The third-order valence-corrected chi connectivity index (χ3v) is 3.51. The zero-order chi connectivity index (χ0) is 8.27. The van der Waals surface area contributed by atoms with Crippen molar-refractivity contribution >= 4 is 20.1 Å². The normalized spacial score (nSPS) is 10.1. The van der Waals surface area contributed by atoms with Gasteiger partial charge in [-0.25, -0.2) is 0 Å². The standard InChI is InChI=1S/C10H14Si/c1-4-9-6-5-7-10(8-9)11(2)3/h4-8,11H,1H2,2-3H3. The number of hydrogen-bond donors (Lipinski definition) is 0. The molecule has 1 aromatic rings. The lowest BCUT2D eigenvalue weighted by Gasteiger charge is -2.03. The summed E-state index contributed by atoms with van der Waals surface area (Å²) < 4.78 is 0. The summed E-state index contributed by atoms with van der Waals surface area (Å²) in [6, 6.07) is 8.65. The topological polar surface area (TPSA) is 0 Å². The maximum absolute atomic E-state index is 3.75. The Kier molecular flexibility index (Phi) is 2.66. The highest BCUT2D eigenvalue weighted by molar-refractivity contribution is 6.70. The van der Waals surface area contributed by atoms with E-state index >= 15 is 0 Å².